The first-order chi connectivity index (χ1) is 11.0. The summed E-state index contributed by atoms with van der Waals surface area (Å²) in [5.41, 5.74) is 1.34. The van der Waals surface area contributed by atoms with Gasteiger partial charge in [-0.1, -0.05) is 23.2 Å². The molecule has 0 radical (unpaired) electrons. The number of nitrogens with zero attached hydrogens (tertiary/aromatic N) is 2. The Kier molecular flexibility index (Phi) is 5.22. The smallest absolute Gasteiger partial charge is 0.269 e. The van der Waals surface area contributed by atoms with E-state index in [0.29, 0.717) is 32.5 Å². The fourth-order valence-corrected chi connectivity index (χ4v) is 2.59. The number of allylic oxidation sites excluding steroid dienone is 1. The highest BCUT2D eigenvalue weighted by atomic mass is 35.5. The van der Waals surface area contributed by atoms with Crippen LogP contribution < -0.4 is 4.74 Å². The minimum absolute atomic E-state index is 0.0468. The highest BCUT2D eigenvalue weighted by molar-refractivity contribution is 6.36. The third-order valence-electron chi connectivity index (χ3n) is 3.05. The molecule has 116 valence electrons. The summed E-state index contributed by atoms with van der Waals surface area (Å²) in [5, 5.41) is 20.8. The van der Waals surface area contributed by atoms with Crippen LogP contribution in [0.1, 0.15) is 11.1 Å². The van der Waals surface area contributed by atoms with Crippen LogP contribution in [0.3, 0.4) is 0 Å². The number of methoxy groups -OCH3 is 1. The highest BCUT2D eigenvalue weighted by Crippen LogP contribution is 2.34. The molecule has 2 rings (SSSR count). The van der Waals surface area contributed by atoms with Gasteiger partial charge >= 0.3 is 0 Å². The number of hydrogen-bond donors (Lipinski definition) is 0. The monoisotopic (exact) mass is 348 g/mol. The van der Waals surface area contributed by atoms with Gasteiger partial charge in [0.15, 0.2) is 0 Å². The number of non-ortho nitro benzene ring substituents is 1. The number of nitro benzene ring substituents is 1. The van der Waals surface area contributed by atoms with Crippen molar-refractivity contribution in [3.8, 4) is 11.8 Å². The van der Waals surface area contributed by atoms with Gasteiger partial charge in [-0.05, 0) is 35.9 Å². The summed E-state index contributed by atoms with van der Waals surface area (Å²) in [6.45, 7) is 0. The Morgan fingerprint density at radius 3 is 2.48 bits per heavy atom. The van der Waals surface area contributed by atoms with Crippen LogP contribution in [-0.2, 0) is 0 Å². The van der Waals surface area contributed by atoms with Crippen LogP contribution in [0.5, 0.6) is 5.75 Å². The van der Waals surface area contributed by atoms with Crippen molar-refractivity contribution in [2.45, 2.75) is 0 Å². The van der Waals surface area contributed by atoms with Crippen LogP contribution in [0, 0.1) is 21.4 Å². The third kappa shape index (κ3) is 3.81. The number of ether oxygens (including phenoxy) is 1. The largest absolute Gasteiger partial charge is 0.495 e. The Labute approximate surface area is 142 Å². The molecule has 0 aromatic heterocycles. The Morgan fingerprint density at radius 1 is 1.30 bits per heavy atom. The molecule has 5 nitrogen and oxygen atoms in total. The van der Waals surface area contributed by atoms with Gasteiger partial charge in [0.1, 0.15) is 5.75 Å². The Morgan fingerprint density at radius 2 is 1.96 bits per heavy atom. The number of rotatable bonds is 4. The number of halogens is 2. The van der Waals surface area contributed by atoms with Crippen LogP contribution in [0.4, 0.5) is 5.69 Å². The van der Waals surface area contributed by atoms with Gasteiger partial charge in [-0.2, -0.15) is 5.26 Å². The lowest BCUT2D eigenvalue weighted by Crippen LogP contribution is -1.91. The first kappa shape index (κ1) is 16.8. The standard InChI is InChI=1S/C16H10Cl2N2O3/c1-23-16-11(7-13(17)8-15(16)18)6-12(9-19)10-2-4-14(5-3-10)20(21)22/h2-8H,1H3/b12-6+. The molecular weight excluding hydrogens is 339 g/mol. The van der Waals surface area contributed by atoms with Crippen molar-refractivity contribution in [2.75, 3.05) is 7.11 Å². The van der Waals surface area contributed by atoms with Gasteiger partial charge in [-0.15, -0.1) is 0 Å². The van der Waals surface area contributed by atoms with Gasteiger partial charge in [0.2, 0.25) is 0 Å². The summed E-state index contributed by atoms with van der Waals surface area (Å²) in [5.74, 6) is 0.394. The van der Waals surface area contributed by atoms with Gasteiger partial charge in [-0.3, -0.25) is 10.1 Å². The normalized spacial score (nSPS) is 11.0. The lowest BCUT2D eigenvalue weighted by molar-refractivity contribution is -0.384. The quantitative estimate of drug-likeness (QED) is 0.338. The van der Waals surface area contributed by atoms with Crippen molar-refractivity contribution in [2.24, 2.45) is 0 Å². The van der Waals surface area contributed by atoms with Crippen molar-refractivity contribution < 1.29 is 9.66 Å². The maximum atomic E-state index is 10.7. The summed E-state index contributed by atoms with van der Waals surface area (Å²) in [6, 6.07) is 10.9. The molecule has 0 aliphatic carbocycles. The van der Waals surface area contributed by atoms with Gasteiger partial charge in [0, 0.05) is 22.7 Å². The summed E-state index contributed by atoms with van der Waals surface area (Å²) >= 11 is 12.0. The Hall–Kier alpha value is -2.55. The minimum Gasteiger partial charge on any atom is -0.495 e. The molecule has 0 spiro atoms. The molecule has 0 aliphatic heterocycles. The van der Waals surface area contributed by atoms with Gasteiger partial charge < -0.3 is 4.74 Å². The third-order valence-corrected chi connectivity index (χ3v) is 3.55. The van der Waals surface area contributed by atoms with E-state index in [1.165, 1.54) is 37.4 Å². The Bertz CT molecular complexity index is 824. The second-order valence-corrected chi connectivity index (χ2v) is 5.33. The fourth-order valence-electron chi connectivity index (χ4n) is 2.00. The van der Waals surface area contributed by atoms with E-state index in [-0.39, 0.29) is 5.69 Å². The van der Waals surface area contributed by atoms with Crippen molar-refractivity contribution in [3.63, 3.8) is 0 Å². The summed E-state index contributed by atoms with van der Waals surface area (Å²) < 4.78 is 5.23. The molecule has 23 heavy (non-hydrogen) atoms. The molecule has 0 unspecified atom stereocenters. The molecule has 0 fully saturated rings. The average molecular weight is 349 g/mol. The number of benzene rings is 2. The second kappa shape index (κ2) is 7.14. The topological polar surface area (TPSA) is 76.2 Å². The molecule has 0 amide bonds. The molecule has 0 atom stereocenters. The van der Waals surface area contributed by atoms with Crippen molar-refractivity contribution in [1.82, 2.24) is 0 Å². The predicted octanol–water partition coefficient (Wildman–Crippen LogP) is 4.97. The van der Waals surface area contributed by atoms with Gasteiger partial charge in [-0.25, -0.2) is 0 Å². The van der Waals surface area contributed by atoms with E-state index in [1.807, 2.05) is 0 Å². The zero-order valence-corrected chi connectivity index (χ0v) is 13.4. The van der Waals surface area contributed by atoms with Crippen LogP contribution in [0.2, 0.25) is 10.0 Å². The first-order valence-electron chi connectivity index (χ1n) is 6.36. The van der Waals surface area contributed by atoms with Crippen LogP contribution in [-0.4, -0.2) is 12.0 Å². The minimum atomic E-state index is -0.501. The van der Waals surface area contributed by atoms with Crippen molar-refractivity contribution >= 4 is 40.5 Å². The fraction of sp³-hybridized carbons (Fsp3) is 0.0625. The molecule has 2 aromatic carbocycles. The first-order valence-corrected chi connectivity index (χ1v) is 7.11. The predicted molar refractivity (Wildman–Crippen MR) is 89.6 cm³/mol. The van der Waals surface area contributed by atoms with Crippen LogP contribution >= 0.6 is 23.2 Å². The molecule has 0 bridgehead atoms. The average Bonchev–Trinajstić information content (AvgIpc) is 2.52. The number of hydrogen-bond acceptors (Lipinski definition) is 4. The van der Waals surface area contributed by atoms with Gasteiger partial charge in [0.25, 0.3) is 5.69 Å². The lowest BCUT2D eigenvalue weighted by Gasteiger charge is -2.08. The number of nitro groups is 1. The maximum Gasteiger partial charge on any atom is 0.269 e. The van der Waals surface area contributed by atoms with E-state index in [2.05, 4.69) is 6.07 Å². The lowest BCUT2D eigenvalue weighted by atomic mass is 10.0. The molecule has 0 heterocycles. The van der Waals surface area contributed by atoms with Crippen molar-refractivity contribution in [3.05, 3.63) is 67.7 Å². The maximum absolute atomic E-state index is 10.7. The SMILES string of the molecule is COc1c(Cl)cc(Cl)cc1/C=C(\C#N)c1ccc([N+](=O)[O-])cc1. The summed E-state index contributed by atoms with van der Waals surface area (Å²) in [4.78, 5) is 10.2. The molecule has 0 saturated carbocycles. The molecule has 7 heteroatoms. The van der Waals surface area contributed by atoms with Crippen LogP contribution in [0.15, 0.2) is 36.4 Å². The van der Waals surface area contributed by atoms with E-state index in [9.17, 15) is 15.4 Å². The second-order valence-electron chi connectivity index (χ2n) is 4.48. The zero-order valence-electron chi connectivity index (χ0n) is 11.9. The van der Waals surface area contributed by atoms with Gasteiger partial charge in [0.05, 0.1) is 28.7 Å². The highest BCUT2D eigenvalue weighted by Gasteiger charge is 2.11. The van der Waals surface area contributed by atoms with E-state index in [1.54, 1.807) is 12.1 Å². The van der Waals surface area contributed by atoms with E-state index in [0.717, 1.165) is 0 Å². The van der Waals surface area contributed by atoms with E-state index < -0.39 is 4.92 Å². The molecular formula is C16H10Cl2N2O3. The van der Waals surface area contributed by atoms with Crippen LogP contribution in [0.25, 0.3) is 11.6 Å². The Balaban J connectivity index is 2.51. The molecule has 2 aromatic rings. The molecule has 0 N–H and O–H groups in total. The summed E-state index contributed by atoms with van der Waals surface area (Å²) in [6.07, 6.45) is 1.57. The van der Waals surface area contributed by atoms with E-state index in [4.69, 9.17) is 27.9 Å². The molecule has 0 saturated heterocycles. The number of nitriles is 1. The zero-order chi connectivity index (χ0) is 17.0. The van der Waals surface area contributed by atoms with E-state index >= 15 is 0 Å². The van der Waals surface area contributed by atoms with Crippen molar-refractivity contribution in [1.29, 1.82) is 5.26 Å². The summed E-state index contributed by atoms with van der Waals surface area (Å²) in [7, 11) is 1.46. The molecule has 0 aliphatic rings.